The van der Waals surface area contributed by atoms with E-state index in [4.69, 9.17) is 9.47 Å². The topological polar surface area (TPSA) is 47.6 Å². The second kappa shape index (κ2) is 10.3. The summed E-state index contributed by atoms with van der Waals surface area (Å²) in [5.41, 5.74) is 4.42. The Morgan fingerprint density at radius 1 is 0.750 bits per heavy atom. The smallest absolute Gasteiger partial charge is 0.255 e. The molecule has 4 aromatic rings. The predicted octanol–water partition coefficient (Wildman–Crippen LogP) is 6.58. The largest absolute Gasteiger partial charge is 0.493 e. The third kappa shape index (κ3) is 5.35. The van der Waals surface area contributed by atoms with Gasteiger partial charge in [-0.3, -0.25) is 4.79 Å². The summed E-state index contributed by atoms with van der Waals surface area (Å²) in [4.78, 5) is 12.7. The zero-order chi connectivity index (χ0) is 22.2. The Morgan fingerprint density at radius 3 is 2.09 bits per heavy atom. The molecule has 4 nitrogen and oxygen atoms in total. The van der Waals surface area contributed by atoms with Crippen molar-refractivity contribution in [3.8, 4) is 22.6 Å². The highest BCUT2D eigenvalue weighted by Gasteiger charge is 2.12. The molecule has 0 atom stereocenters. The van der Waals surface area contributed by atoms with Crippen LogP contribution in [-0.4, -0.2) is 12.5 Å². The van der Waals surface area contributed by atoms with Gasteiger partial charge in [0.05, 0.1) is 6.61 Å². The van der Waals surface area contributed by atoms with Crippen molar-refractivity contribution in [3.05, 3.63) is 114 Å². The van der Waals surface area contributed by atoms with E-state index in [9.17, 15) is 4.79 Å². The second-order valence-corrected chi connectivity index (χ2v) is 7.25. The number of amides is 1. The Labute approximate surface area is 188 Å². The van der Waals surface area contributed by atoms with Crippen molar-refractivity contribution in [1.29, 1.82) is 0 Å². The molecule has 0 aliphatic rings. The minimum atomic E-state index is -0.173. The van der Waals surface area contributed by atoms with Crippen LogP contribution in [0.2, 0.25) is 0 Å². The zero-order valence-corrected chi connectivity index (χ0v) is 18.0. The first kappa shape index (κ1) is 21.2. The molecule has 160 valence electrons. The van der Waals surface area contributed by atoms with Gasteiger partial charge >= 0.3 is 0 Å². The van der Waals surface area contributed by atoms with E-state index in [1.54, 1.807) is 6.07 Å². The number of anilines is 1. The summed E-state index contributed by atoms with van der Waals surface area (Å²) in [6.07, 6.45) is 0. The lowest BCUT2D eigenvalue weighted by Gasteiger charge is -2.14. The molecule has 0 saturated heterocycles. The fraction of sp³-hybridized carbons (Fsp3) is 0.107. The number of benzene rings is 4. The van der Waals surface area contributed by atoms with E-state index < -0.39 is 0 Å². The van der Waals surface area contributed by atoms with Gasteiger partial charge in [0.15, 0.2) is 0 Å². The molecule has 0 spiro atoms. The zero-order valence-electron chi connectivity index (χ0n) is 18.0. The van der Waals surface area contributed by atoms with Gasteiger partial charge in [0, 0.05) is 16.8 Å². The van der Waals surface area contributed by atoms with E-state index in [1.807, 2.05) is 91.9 Å². The van der Waals surface area contributed by atoms with Gasteiger partial charge in [0.25, 0.3) is 5.91 Å². The van der Waals surface area contributed by atoms with E-state index in [2.05, 4.69) is 17.4 Å². The maximum absolute atomic E-state index is 12.7. The summed E-state index contributed by atoms with van der Waals surface area (Å²) in [5.74, 6) is 1.30. The molecule has 1 amide bonds. The molecule has 0 fully saturated rings. The molecule has 4 heteroatoms. The monoisotopic (exact) mass is 423 g/mol. The van der Waals surface area contributed by atoms with Gasteiger partial charge < -0.3 is 14.8 Å². The standard InChI is InChI=1S/C28H25NO3/c1-2-31-27-18-15-23(28(30)29-25-11-7-4-8-12-25)19-24(27)20-32-26-16-13-22(14-17-26)21-9-5-3-6-10-21/h3-19H,2,20H2,1H3,(H,29,30). The number of hydrogen-bond acceptors (Lipinski definition) is 3. The number of carbonyl (C=O) groups excluding carboxylic acids is 1. The van der Waals surface area contributed by atoms with Crippen molar-refractivity contribution < 1.29 is 14.3 Å². The molecule has 0 bridgehead atoms. The average molecular weight is 424 g/mol. The van der Waals surface area contributed by atoms with Crippen LogP contribution in [0.25, 0.3) is 11.1 Å². The van der Waals surface area contributed by atoms with E-state index in [-0.39, 0.29) is 5.91 Å². The third-order valence-electron chi connectivity index (χ3n) is 5.01. The Kier molecular flexibility index (Phi) is 6.83. The second-order valence-electron chi connectivity index (χ2n) is 7.25. The van der Waals surface area contributed by atoms with Crippen LogP contribution in [0.15, 0.2) is 103 Å². The Hall–Kier alpha value is -4.05. The molecule has 0 saturated carbocycles. The number of ether oxygens (including phenoxy) is 2. The quantitative estimate of drug-likeness (QED) is 0.348. The Morgan fingerprint density at radius 2 is 1.41 bits per heavy atom. The summed E-state index contributed by atoms with van der Waals surface area (Å²) in [7, 11) is 0. The lowest BCUT2D eigenvalue weighted by Crippen LogP contribution is -2.13. The Bertz CT molecular complexity index is 1160. The van der Waals surface area contributed by atoms with Gasteiger partial charge in [0.2, 0.25) is 0 Å². The third-order valence-corrected chi connectivity index (χ3v) is 5.01. The molecule has 0 radical (unpaired) electrons. The molecule has 0 aliphatic heterocycles. The summed E-state index contributed by atoms with van der Waals surface area (Å²) in [6.45, 7) is 2.77. The fourth-order valence-corrected chi connectivity index (χ4v) is 3.39. The van der Waals surface area contributed by atoms with Gasteiger partial charge in [-0.1, -0.05) is 60.7 Å². The summed E-state index contributed by atoms with van der Waals surface area (Å²) >= 11 is 0. The van der Waals surface area contributed by atoms with Gasteiger partial charge in [-0.05, 0) is 60.5 Å². The average Bonchev–Trinajstić information content (AvgIpc) is 2.85. The van der Waals surface area contributed by atoms with Crippen LogP contribution in [0.3, 0.4) is 0 Å². The van der Waals surface area contributed by atoms with Gasteiger partial charge in [0.1, 0.15) is 18.1 Å². The number of hydrogen-bond donors (Lipinski definition) is 1. The van der Waals surface area contributed by atoms with Crippen molar-refractivity contribution in [2.24, 2.45) is 0 Å². The SMILES string of the molecule is CCOc1ccc(C(=O)Nc2ccccc2)cc1COc1ccc(-c2ccccc2)cc1. The molecular formula is C28H25NO3. The molecule has 0 aromatic heterocycles. The van der Waals surface area contributed by atoms with Crippen LogP contribution in [-0.2, 0) is 6.61 Å². The number of rotatable bonds is 8. The summed E-state index contributed by atoms with van der Waals surface area (Å²) in [6, 6.07) is 33.0. The van der Waals surface area contributed by atoms with Crippen molar-refractivity contribution in [1.82, 2.24) is 0 Å². The van der Waals surface area contributed by atoms with Crippen molar-refractivity contribution in [2.75, 3.05) is 11.9 Å². The van der Waals surface area contributed by atoms with E-state index >= 15 is 0 Å². The van der Waals surface area contributed by atoms with Crippen LogP contribution >= 0.6 is 0 Å². The molecule has 4 rings (SSSR count). The highest BCUT2D eigenvalue weighted by molar-refractivity contribution is 6.04. The van der Waals surface area contributed by atoms with Gasteiger partial charge in [-0.25, -0.2) is 0 Å². The molecule has 0 aliphatic carbocycles. The molecule has 4 aromatic carbocycles. The van der Waals surface area contributed by atoms with Crippen LogP contribution in [0.4, 0.5) is 5.69 Å². The first-order valence-electron chi connectivity index (χ1n) is 10.6. The van der Waals surface area contributed by atoms with Crippen molar-refractivity contribution in [3.63, 3.8) is 0 Å². The minimum Gasteiger partial charge on any atom is -0.493 e. The highest BCUT2D eigenvalue weighted by atomic mass is 16.5. The summed E-state index contributed by atoms with van der Waals surface area (Å²) < 4.78 is 11.8. The predicted molar refractivity (Wildman–Crippen MR) is 128 cm³/mol. The first-order valence-corrected chi connectivity index (χ1v) is 10.6. The van der Waals surface area contributed by atoms with Crippen LogP contribution in [0.5, 0.6) is 11.5 Å². The lowest BCUT2D eigenvalue weighted by molar-refractivity contribution is 0.102. The number of para-hydroxylation sites is 1. The van der Waals surface area contributed by atoms with E-state index in [0.717, 1.165) is 28.1 Å². The molecular weight excluding hydrogens is 398 g/mol. The van der Waals surface area contributed by atoms with Gasteiger partial charge in [-0.15, -0.1) is 0 Å². The first-order chi connectivity index (χ1) is 15.7. The highest BCUT2D eigenvalue weighted by Crippen LogP contribution is 2.25. The Balaban J connectivity index is 1.48. The van der Waals surface area contributed by atoms with E-state index in [0.29, 0.717) is 24.5 Å². The molecule has 32 heavy (non-hydrogen) atoms. The van der Waals surface area contributed by atoms with E-state index in [1.165, 1.54) is 0 Å². The van der Waals surface area contributed by atoms with Crippen LogP contribution < -0.4 is 14.8 Å². The molecule has 1 N–H and O–H groups in total. The maximum Gasteiger partial charge on any atom is 0.255 e. The minimum absolute atomic E-state index is 0.173. The van der Waals surface area contributed by atoms with Crippen LogP contribution in [0.1, 0.15) is 22.8 Å². The summed E-state index contributed by atoms with van der Waals surface area (Å²) in [5, 5.41) is 2.91. The van der Waals surface area contributed by atoms with Crippen molar-refractivity contribution in [2.45, 2.75) is 13.5 Å². The number of nitrogens with one attached hydrogen (secondary N) is 1. The molecule has 0 heterocycles. The van der Waals surface area contributed by atoms with Crippen LogP contribution in [0, 0.1) is 0 Å². The molecule has 0 unspecified atom stereocenters. The number of carbonyl (C=O) groups is 1. The fourth-order valence-electron chi connectivity index (χ4n) is 3.39. The normalized spacial score (nSPS) is 10.4. The lowest BCUT2D eigenvalue weighted by atomic mass is 10.1. The van der Waals surface area contributed by atoms with Gasteiger partial charge in [-0.2, -0.15) is 0 Å². The van der Waals surface area contributed by atoms with Crippen molar-refractivity contribution >= 4 is 11.6 Å². The maximum atomic E-state index is 12.7.